The third-order valence-electron chi connectivity index (χ3n) is 5.22. The summed E-state index contributed by atoms with van der Waals surface area (Å²) in [5.41, 5.74) is 2.42. The number of carbonyl (C=O) groups is 2. The van der Waals surface area contributed by atoms with Crippen molar-refractivity contribution in [2.24, 2.45) is 4.99 Å². The van der Waals surface area contributed by atoms with E-state index in [1.54, 1.807) is 56.6 Å². The fraction of sp³-hybridized carbons (Fsp3) is 0.115. The minimum absolute atomic E-state index is 0.169. The molecule has 0 saturated carbocycles. The Hall–Kier alpha value is -3.27. The predicted octanol–water partition coefficient (Wildman–Crippen LogP) is 6.62. The van der Waals surface area contributed by atoms with Gasteiger partial charge in [-0.05, 0) is 77.5 Å². The Morgan fingerprint density at radius 1 is 1.14 bits per heavy atom. The highest BCUT2D eigenvalue weighted by Crippen LogP contribution is 2.38. The van der Waals surface area contributed by atoms with Crippen LogP contribution in [0.2, 0.25) is 5.02 Å². The number of thioether (sulfide) groups is 1. The fourth-order valence-corrected chi connectivity index (χ4v) is 4.80. The quantitative estimate of drug-likeness (QED) is 0.313. The van der Waals surface area contributed by atoms with Crippen LogP contribution in [0.5, 0.6) is 11.5 Å². The lowest BCUT2D eigenvalue weighted by molar-refractivity contribution is -0.121. The summed E-state index contributed by atoms with van der Waals surface area (Å²) >= 11 is 10.7. The normalized spacial score (nSPS) is 15.6. The number of hydrogen-bond donors (Lipinski definition) is 1. The van der Waals surface area contributed by atoms with Crippen molar-refractivity contribution < 1.29 is 24.2 Å². The van der Waals surface area contributed by atoms with Crippen LogP contribution in [-0.4, -0.2) is 41.2 Å². The van der Waals surface area contributed by atoms with Gasteiger partial charge in [-0.25, -0.2) is 9.79 Å². The Labute approximate surface area is 225 Å². The molecule has 0 aliphatic carbocycles. The second-order valence-corrected chi connectivity index (χ2v) is 9.96. The molecule has 4 rings (SSSR count). The van der Waals surface area contributed by atoms with Crippen molar-refractivity contribution >= 4 is 68.1 Å². The van der Waals surface area contributed by atoms with E-state index in [0.29, 0.717) is 38.9 Å². The van der Waals surface area contributed by atoms with Crippen molar-refractivity contribution in [2.45, 2.75) is 6.61 Å². The Morgan fingerprint density at radius 2 is 1.83 bits per heavy atom. The van der Waals surface area contributed by atoms with E-state index < -0.39 is 5.97 Å². The van der Waals surface area contributed by atoms with E-state index in [0.717, 1.165) is 15.6 Å². The topological polar surface area (TPSA) is 88.4 Å². The predicted molar refractivity (Wildman–Crippen MR) is 145 cm³/mol. The van der Waals surface area contributed by atoms with Crippen LogP contribution in [0.3, 0.4) is 0 Å². The van der Waals surface area contributed by atoms with Crippen LogP contribution in [0.25, 0.3) is 6.08 Å². The Bertz CT molecular complexity index is 1370. The SMILES string of the molecule is COc1cc(/C=C2\SC(=Nc3ccc(C(=O)O)cc3)N(C)C2=O)c(Br)cc1OCc1ccc(Cl)cc1. The van der Waals surface area contributed by atoms with Crippen molar-refractivity contribution in [3.05, 3.63) is 91.8 Å². The molecule has 0 aromatic heterocycles. The second-order valence-electron chi connectivity index (χ2n) is 7.66. The summed E-state index contributed by atoms with van der Waals surface area (Å²) in [5.74, 6) is -0.134. The van der Waals surface area contributed by atoms with Gasteiger partial charge in [0.2, 0.25) is 0 Å². The molecule has 3 aromatic carbocycles. The Balaban J connectivity index is 1.55. The highest BCUT2D eigenvalue weighted by molar-refractivity contribution is 9.10. The number of carbonyl (C=O) groups excluding carboxylic acids is 1. The van der Waals surface area contributed by atoms with E-state index in [1.165, 1.54) is 28.8 Å². The third-order valence-corrected chi connectivity index (χ3v) is 7.22. The molecule has 1 heterocycles. The first kappa shape index (κ1) is 25.8. The van der Waals surface area contributed by atoms with Gasteiger partial charge in [-0.1, -0.05) is 39.7 Å². The number of benzene rings is 3. The molecule has 1 fully saturated rings. The van der Waals surface area contributed by atoms with Gasteiger partial charge in [-0.2, -0.15) is 0 Å². The van der Waals surface area contributed by atoms with Crippen molar-refractivity contribution in [1.29, 1.82) is 0 Å². The van der Waals surface area contributed by atoms with Crippen molar-refractivity contribution in [2.75, 3.05) is 14.2 Å². The first-order valence-electron chi connectivity index (χ1n) is 10.6. The molecule has 1 aliphatic rings. The summed E-state index contributed by atoms with van der Waals surface area (Å²) in [6.07, 6.45) is 1.76. The average molecular weight is 588 g/mol. The van der Waals surface area contributed by atoms with Crippen molar-refractivity contribution in [3.8, 4) is 11.5 Å². The molecule has 10 heteroatoms. The molecular weight excluding hydrogens is 568 g/mol. The zero-order chi connectivity index (χ0) is 25.8. The van der Waals surface area contributed by atoms with Gasteiger partial charge >= 0.3 is 5.97 Å². The lowest BCUT2D eigenvalue weighted by Crippen LogP contribution is -2.23. The largest absolute Gasteiger partial charge is 0.493 e. The van der Waals surface area contributed by atoms with E-state index in [4.69, 9.17) is 26.2 Å². The van der Waals surface area contributed by atoms with E-state index in [-0.39, 0.29) is 11.5 Å². The summed E-state index contributed by atoms with van der Waals surface area (Å²) in [6, 6.07) is 17.1. The molecule has 1 N–H and O–H groups in total. The molecule has 1 aliphatic heterocycles. The van der Waals surface area contributed by atoms with Crippen LogP contribution >= 0.6 is 39.3 Å². The van der Waals surface area contributed by atoms with Gasteiger partial charge < -0.3 is 14.6 Å². The lowest BCUT2D eigenvalue weighted by atomic mass is 10.1. The number of halogens is 2. The molecule has 0 spiro atoms. The highest BCUT2D eigenvalue weighted by Gasteiger charge is 2.30. The summed E-state index contributed by atoms with van der Waals surface area (Å²) in [5, 5.41) is 10.2. The van der Waals surface area contributed by atoms with Crippen LogP contribution in [0.15, 0.2) is 75.0 Å². The van der Waals surface area contributed by atoms with Gasteiger partial charge in [0, 0.05) is 16.5 Å². The first-order valence-corrected chi connectivity index (χ1v) is 12.6. The smallest absolute Gasteiger partial charge is 0.335 e. The van der Waals surface area contributed by atoms with Gasteiger partial charge in [0.25, 0.3) is 5.91 Å². The number of aliphatic imine (C=N–C) groups is 1. The molecular formula is C26H20BrClN2O5S. The Kier molecular flexibility index (Phi) is 8.03. The second kappa shape index (κ2) is 11.2. The van der Waals surface area contributed by atoms with Gasteiger partial charge in [-0.3, -0.25) is 9.69 Å². The molecule has 3 aromatic rings. The molecule has 0 bridgehead atoms. The van der Waals surface area contributed by atoms with Crippen LogP contribution in [0, 0.1) is 0 Å². The van der Waals surface area contributed by atoms with Crippen molar-refractivity contribution in [1.82, 2.24) is 4.90 Å². The number of carboxylic acid groups (broad SMARTS) is 1. The number of hydrogen-bond acceptors (Lipinski definition) is 6. The van der Waals surface area contributed by atoms with Gasteiger partial charge in [0.1, 0.15) is 6.61 Å². The van der Waals surface area contributed by atoms with E-state index in [1.807, 2.05) is 12.1 Å². The Morgan fingerprint density at radius 3 is 2.47 bits per heavy atom. The van der Waals surface area contributed by atoms with Gasteiger partial charge in [-0.15, -0.1) is 0 Å². The molecule has 0 radical (unpaired) electrons. The van der Waals surface area contributed by atoms with Gasteiger partial charge in [0.15, 0.2) is 16.7 Å². The first-order chi connectivity index (χ1) is 17.2. The average Bonchev–Trinajstić information content (AvgIpc) is 3.12. The number of carboxylic acids is 1. The number of ether oxygens (including phenoxy) is 2. The number of nitrogens with zero attached hydrogens (tertiary/aromatic N) is 2. The number of rotatable bonds is 7. The molecule has 1 amide bonds. The fourth-order valence-electron chi connectivity index (χ4n) is 3.26. The summed E-state index contributed by atoms with van der Waals surface area (Å²) in [4.78, 5) is 30.4. The molecule has 0 atom stereocenters. The standard InChI is InChI=1S/C26H20BrClN2O5S/c1-30-24(31)23(36-26(30)29-19-9-5-16(6-10-19)25(32)33)12-17-11-21(34-2)22(13-20(17)27)35-14-15-3-7-18(28)8-4-15/h3-13H,14H2,1-2H3,(H,32,33)/b23-12-,29-26?. The maximum atomic E-state index is 12.9. The van der Waals surface area contributed by atoms with E-state index in [9.17, 15) is 9.59 Å². The van der Waals surface area contributed by atoms with E-state index in [2.05, 4.69) is 20.9 Å². The molecule has 7 nitrogen and oxygen atoms in total. The van der Waals surface area contributed by atoms with Crippen LogP contribution in [-0.2, 0) is 11.4 Å². The molecule has 184 valence electrons. The number of aromatic carboxylic acids is 1. The number of methoxy groups -OCH3 is 1. The molecule has 1 saturated heterocycles. The third kappa shape index (κ3) is 5.92. The summed E-state index contributed by atoms with van der Waals surface area (Å²) in [7, 11) is 3.20. The monoisotopic (exact) mass is 586 g/mol. The number of likely N-dealkylation sites (N-methyl/N-ethyl adjacent to an activating group) is 1. The van der Waals surface area contributed by atoms with Crippen molar-refractivity contribution in [3.63, 3.8) is 0 Å². The zero-order valence-electron chi connectivity index (χ0n) is 19.2. The van der Waals surface area contributed by atoms with Crippen LogP contribution < -0.4 is 9.47 Å². The molecule has 0 unspecified atom stereocenters. The minimum Gasteiger partial charge on any atom is -0.493 e. The van der Waals surface area contributed by atoms with E-state index >= 15 is 0 Å². The highest BCUT2D eigenvalue weighted by atomic mass is 79.9. The summed E-state index contributed by atoms with van der Waals surface area (Å²) < 4.78 is 12.2. The number of amidine groups is 1. The minimum atomic E-state index is -1.01. The maximum absolute atomic E-state index is 12.9. The molecule has 36 heavy (non-hydrogen) atoms. The number of amides is 1. The maximum Gasteiger partial charge on any atom is 0.335 e. The summed E-state index contributed by atoms with van der Waals surface area (Å²) in [6.45, 7) is 0.340. The van der Waals surface area contributed by atoms with Crippen LogP contribution in [0.1, 0.15) is 21.5 Å². The van der Waals surface area contributed by atoms with Crippen LogP contribution in [0.4, 0.5) is 5.69 Å². The lowest BCUT2D eigenvalue weighted by Gasteiger charge is -2.13. The van der Waals surface area contributed by atoms with Gasteiger partial charge in [0.05, 0.1) is 23.3 Å². The zero-order valence-corrected chi connectivity index (χ0v) is 22.4.